The van der Waals surface area contributed by atoms with E-state index in [0.717, 1.165) is 25.7 Å². The molecule has 1 fully saturated rings. The van der Waals surface area contributed by atoms with Crippen LogP contribution in [0.25, 0.3) is 0 Å². The van der Waals surface area contributed by atoms with Gasteiger partial charge in [0.1, 0.15) is 0 Å². The van der Waals surface area contributed by atoms with E-state index in [1.54, 1.807) is 6.07 Å². The lowest BCUT2D eigenvalue weighted by Gasteiger charge is -2.31. The van der Waals surface area contributed by atoms with E-state index in [1.165, 1.54) is 21.9 Å². The number of piperidine rings is 1. The Balaban J connectivity index is 1.62. The molecule has 0 bridgehead atoms. The number of benzene rings is 1. The second-order valence-corrected chi connectivity index (χ2v) is 9.19. The highest BCUT2D eigenvalue weighted by atomic mass is 32.2. The molecule has 1 aliphatic heterocycles. The number of amides is 1. The van der Waals surface area contributed by atoms with Crippen LogP contribution in [-0.4, -0.2) is 44.8 Å². The van der Waals surface area contributed by atoms with Crippen molar-refractivity contribution < 1.29 is 13.2 Å². The first kappa shape index (κ1) is 19.3. The SMILES string of the molecule is NCCCNC(=O)C1CCN(S(=O)(=O)c2ccc3c(c2)CCCC3)CC1. The monoisotopic (exact) mass is 379 g/mol. The van der Waals surface area contributed by atoms with Crippen molar-refractivity contribution in [1.82, 2.24) is 9.62 Å². The summed E-state index contributed by atoms with van der Waals surface area (Å²) in [6.45, 7) is 1.93. The number of rotatable bonds is 6. The number of nitrogens with two attached hydrogens (primary N) is 1. The van der Waals surface area contributed by atoms with Crippen molar-refractivity contribution in [2.75, 3.05) is 26.2 Å². The molecule has 1 heterocycles. The van der Waals surface area contributed by atoms with Gasteiger partial charge in [-0.05, 0) is 74.8 Å². The fraction of sp³-hybridized carbons (Fsp3) is 0.632. The molecular weight excluding hydrogens is 350 g/mol. The number of fused-ring (bicyclic) bond motifs is 1. The van der Waals surface area contributed by atoms with Crippen molar-refractivity contribution in [1.29, 1.82) is 0 Å². The maximum atomic E-state index is 13.0. The standard InChI is InChI=1S/C19H29N3O3S/c20-10-3-11-21-19(23)16-8-12-22(13-9-16)26(24,25)18-7-6-15-4-1-2-5-17(15)14-18/h6-7,14,16H,1-5,8-13,20H2,(H,21,23). The van der Waals surface area contributed by atoms with E-state index in [4.69, 9.17) is 5.73 Å². The van der Waals surface area contributed by atoms with Crippen LogP contribution >= 0.6 is 0 Å². The number of aryl methyl sites for hydroxylation is 2. The van der Waals surface area contributed by atoms with Gasteiger partial charge in [0, 0.05) is 25.6 Å². The first-order chi connectivity index (χ1) is 12.5. The number of sulfonamides is 1. The lowest BCUT2D eigenvalue weighted by molar-refractivity contribution is -0.126. The maximum Gasteiger partial charge on any atom is 0.243 e. The quantitative estimate of drug-likeness (QED) is 0.732. The molecule has 144 valence electrons. The van der Waals surface area contributed by atoms with Gasteiger partial charge in [0.05, 0.1) is 4.90 Å². The van der Waals surface area contributed by atoms with E-state index in [-0.39, 0.29) is 11.8 Å². The molecule has 0 saturated carbocycles. The van der Waals surface area contributed by atoms with Crippen molar-refractivity contribution in [3.63, 3.8) is 0 Å². The van der Waals surface area contributed by atoms with Crippen molar-refractivity contribution in [2.24, 2.45) is 11.7 Å². The van der Waals surface area contributed by atoms with E-state index in [9.17, 15) is 13.2 Å². The largest absolute Gasteiger partial charge is 0.356 e. The summed E-state index contributed by atoms with van der Waals surface area (Å²) in [5.74, 6) is -0.0907. The minimum absolute atomic E-state index is 0.0179. The van der Waals surface area contributed by atoms with Gasteiger partial charge in [-0.25, -0.2) is 8.42 Å². The van der Waals surface area contributed by atoms with Crippen LogP contribution in [-0.2, 0) is 27.7 Å². The third kappa shape index (κ3) is 4.27. The summed E-state index contributed by atoms with van der Waals surface area (Å²) < 4.78 is 27.5. The fourth-order valence-electron chi connectivity index (χ4n) is 3.84. The van der Waals surface area contributed by atoms with Gasteiger partial charge < -0.3 is 11.1 Å². The lowest BCUT2D eigenvalue weighted by Crippen LogP contribution is -2.43. The summed E-state index contributed by atoms with van der Waals surface area (Å²) in [6.07, 6.45) is 6.21. The van der Waals surface area contributed by atoms with Gasteiger partial charge in [-0.1, -0.05) is 6.07 Å². The summed E-state index contributed by atoms with van der Waals surface area (Å²) in [4.78, 5) is 12.5. The summed E-state index contributed by atoms with van der Waals surface area (Å²) in [6, 6.07) is 5.57. The predicted octanol–water partition coefficient (Wildman–Crippen LogP) is 1.43. The number of hydrogen-bond donors (Lipinski definition) is 2. The fourth-order valence-corrected chi connectivity index (χ4v) is 5.36. The van der Waals surface area contributed by atoms with E-state index >= 15 is 0 Å². The van der Waals surface area contributed by atoms with E-state index in [1.807, 2.05) is 12.1 Å². The normalized spacial score (nSPS) is 19.1. The van der Waals surface area contributed by atoms with E-state index in [2.05, 4.69) is 5.32 Å². The molecule has 3 rings (SSSR count). The molecule has 7 heteroatoms. The summed E-state index contributed by atoms with van der Waals surface area (Å²) in [7, 11) is -3.48. The highest BCUT2D eigenvalue weighted by Crippen LogP contribution is 2.28. The molecule has 2 aliphatic rings. The zero-order valence-corrected chi connectivity index (χ0v) is 16.1. The van der Waals surface area contributed by atoms with Crippen molar-refractivity contribution >= 4 is 15.9 Å². The molecule has 1 amide bonds. The third-order valence-electron chi connectivity index (χ3n) is 5.46. The van der Waals surface area contributed by atoms with Crippen LogP contribution in [0.1, 0.15) is 43.2 Å². The van der Waals surface area contributed by atoms with Crippen LogP contribution in [0.4, 0.5) is 0 Å². The van der Waals surface area contributed by atoms with Gasteiger partial charge in [0.15, 0.2) is 0 Å². The molecule has 0 spiro atoms. The van der Waals surface area contributed by atoms with Crippen molar-refractivity contribution in [3.8, 4) is 0 Å². The topological polar surface area (TPSA) is 92.5 Å². The Morgan fingerprint density at radius 3 is 2.54 bits per heavy atom. The van der Waals surface area contributed by atoms with E-state index in [0.29, 0.717) is 43.9 Å². The average molecular weight is 380 g/mol. The first-order valence-electron chi connectivity index (χ1n) is 9.62. The van der Waals surface area contributed by atoms with Gasteiger partial charge in [-0.15, -0.1) is 0 Å². The Kier molecular flexibility index (Phi) is 6.32. The molecule has 0 aromatic heterocycles. The van der Waals surface area contributed by atoms with Crippen LogP contribution in [0, 0.1) is 5.92 Å². The number of nitrogens with zero attached hydrogens (tertiary/aromatic N) is 1. The molecule has 0 unspecified atom stereocenters. The molecule has 3 N–H and O–H groups in total. The Bertz CT molecular complexity index is 740. The molecule has 26 heavy (non-hydrogen) atoms. The van der Waals surface area contributed by atoms with Gasteiger partial charge in [-0.2, -0.15) is 4.31 Å². The molecule has 0 radical (unpaired) electrons. The van der Waals surface area contributed by atoms with Gasteiger partial charge in [0.2, 0.25) is 15.9 Å². The Labute approximate surface area is 156 Å². The zero-order chi connectivity index (χ0) is 18.6. The second-order valence-electron chi connectivity index (χ2n) is 7.25. The van der Waals surface area contributed by atoms with Crippen LogP contribution < -0.4 is 11.1 Å². The Morgan fingerprint density at radius 1 is 1.15 bits per heavy atom. The maximum absolute atomic E-state index is 13.0. The molecule has 1 aliphatic carbocycles. The number of carbonyl (C=O) groups excluding carboxylic acids is 1. The highest BCUT2D eigenvalue weighted by molar-refractivity contribution is 7.89. The lowest BCUT2D eigenvalue weighted by atomic mass is 9.92. The predicted molar refractivity (Wildman–Crippen MR) is 101 cm³/mol. The average Bonchev–Trinajstić information content (AvgIpc) is 2.67. The van der Waals surface area contributed by atoms with Gasteiger partial charge in [-0.3, -0.25) is 4.79 Å². The van der Waals surface area contributed by atoms with Crippen LogP contribution in [0.15, 0.2) is 23.1 Å². The number of carbonyl (C=O) groups is 1. The summed E-state index contributed by atoms with van der Waals surface area (Å²) >= 11 is 0. The van der Waals surface area contributed by atoms with Gasteiger partial charge in [0.25, 0.3) is 0 Å². The minimum Gasteiger partial charge on any atom is -0.356 e. The molecular formula is C19H29N3O3S. The van der Waals surface area contributed by atoms with Crippen LogP contribution in [0.2, 0.25) is 0 Å². The van der Waals surface area contributed by atoms with Crippen molar-refractivity contribution in [3.05, 3.63) is 29.3 Å². The zero-order valence-electron chi connectivity index (χ0n) is 15.2. The molecule has 1 aromatic rings. The highest BCUT2D eigenvalue weighted by Gasteiger charge is 2.32. The summed E-state index contributed by atoms with van der Waals surface area (Å²) in [5.41, 5.74) is 7.89. The first-order valence-corrected chi connectivity index (χ1v) is 11.1. The second kappa shape index (κ2) is 8.50. The van der Waals surface area contributed by atoms with E-state index < -0.39 is 10.0 Å². The smallest absolute Gasteiger partial charge is 0.243 e. The molecule has 6 nitrogen and oxygen atoms in total. The molecule has 1 saturated heterocycles. The van der Waals surface area contributed by atoms with Crippen LogP contribution in [0.3, 0.4) is 0 Å². The molecule has 0 atom stereocenters. The number of hydrogen-bond acceptors (Lipinski definition) is 4. The number of nitrogens with one attached hydrogen (secondary N) is 1. The summed E-state index contributed by atoms with van der Waals surface area (Å²) in [5, 5.41) is 2.89. The Morgan fingerprint density at radius 2 is 1.85 bits per heavy atom. The third-order valence-corrected chi connectivity index (χ3v) is 7.36. The Hall–Kier alpha value is -1.44. The van der Waals surface area contributed by atoms with Gasteiger partial charge >= 0.3 is 0 Å². The minimum atomic E-state index is -3.48. The van der Waals surface area contributed by atoms with Crippen LogP contribution in [0.5, 0.6) is 0 Å². The van der Waals surface area contributed by atoms with Crippen molar-refractivity contribution in [2.45, 2.75) is 49.8 Å². The molecule has 1 aromatic carbocycles.